The lowest BCUT2D eigenvalue weighted by atomic mass is 10.3. The molecule has 0 atom stereocenters. The molecule has 0 aromatic rings. The van der Waals surface area contributed by atoms with Gasteiger partial charge in [0, 0.05) is 6.54 Å². The van der Waals surface area contributed by atoms with Gasteiger partial charge in [0.05, 0.1) is 13.2 Å². The fraction of sp³-hybridized carbons (Fsp3) is 1.00. The molecule has 0 unspecified atom stereocenters. The standard InChI is InChI=1S/C6H11F3O.C6H15NO/c1-2-3-4-5-10-6(7,8)9;1-3-4-7(2)5-6-8/h2-5H2,1H3;8H,3-6H2,1-2H3. The summed E-state index contributed by atoms with van der Waals surface area (Å²) in [7, 11) is 2.01. The lowest BCUT2D eigenvalue weighted by Gasteiger charge is -2.12. The summed E-state index contributed by atoms with van der Waals surface area (Å²) in [6.07, 6.45) is -1.11. The van der Waals surface area contributed by atoms with E-state index >= 15 is 0 Å². The maximum atomic E-state index is 11.3. The number of rotatable bonds is 8. The SMILES string of the molecule is CCCCCOC(F)(F)F.CCCN(C)CCO. The molecule has 0 radical (unpaired) electrons. The molecular weight excluding hydrogens is 247 g/mol. The fourth-order valence-corrected chi connectivity index (χ4v) is 1.20. The molecule has 0 saturated carbocycles. The summed E-state index contributed by atoms with van der Waals surface area (Å²) >= 11 is 0. The van der Waals surface area contributed by atoms with Crippen LogP contribution in [0.5, 0.6) is 0 Å². The first-order valence-corrected chi connectivity index (χ1v) is 6.37. The molecule has 0 aliphatic rings. The van der Waals surface area contributed by atoms with Crippen LogP contribution in [0.25, 0.3) is 0 Å². The first kappa shape index (κ1) is 20.0. The molecule has 0 aromatic carbocycles. The molecule has 0 spiro atoms. The number of ether oxygens (including phenoxy) is 1. The summed E-state index contributed by atoms with van der Waals surface area (Å²) in [6.45, 7) is 6.00. The highest BCUT2D eigenvalue weighted by atomic mass is 19.4. The van der Waals surface area contributed by atoms with Crippen LogP contribution in [0.1, 0.15) is 39.5 Å². The number of aliphatic hydroxyl groups excluding tert-OH is 1. The Balaban J connectivity index is 0. The van der Waals surface area contributed by atoms with Gasteiger partial charge in [-0.05, 0) is 26.4 Å². The molecule has 0 heterocycles. The number of nitrogens with zero attached hydrogens (tertiary/aromatic N) is 1. The molecule has 1 N–H and O–H groups in total. The highest BCUT2D eigenvalue weighted by Crippen LogP contribution is 2.16. The number of hydrogen-bond donors (Lipinski definition) is 1. The molecule has 0 amide bonds. The molecule has 3 nitrogen and oxygen atoms in total. The summed E-state index contributed by atoms with van der Waals surface area (Å²) < 4.78 is 37.3. The van der Waals surface area contributed by atoms with Crippen molar-refractivity contribution in [1.29, 1.82) is 0 Å². The van der Waals surface area contributed by atoms with Crippen molar-refractivity contribution < 1.29 is 23.0 Å². The maximum absolute atomic E-state index is 11.3. The lowest BCUT2D eigenvalue weighted by Crippen LogP contribution is -2.22. The van der Waals surface area contributed by atoms with Crippen molar-refractivity contribution in [3.8, 4) is 0 Å². The largest absolute Gasteiger partial charge is 0.522 e. The minimum absolute atomic E-state index is 0.211. The number of aliphatic hydroxyl groups is 1. The van der Waals surface area contributed by atoms with Crippen molar-refractivity contribution in [2.75, 3.05) is 33.4 Å². The summed E-state index contributed by atoms with van der Waals surface area (Å²) in [4.78, 5) is 2.11. The Morgan fingerprint density at radius 2 is 1.67 bits per heavy atom. The second-order valence-corrected chi connectivity index (χ2v) is 4.03. The van der Waals surface area contributed by atoms with E-state index in [0.717, 1.165) is 32.4 Å². The van der Waals surface area contributed by atoms with Crippen molar-refractivity contribution in [1.82, 2.24) is 4.90 Å². The van der Waals surface area contributed by atoms with E-state index in [1.165, 1.54) is 0 Å². The molecule has 0 fully saturated rings. The zero-order chi connectivity index (χ0) is 14.4. The van der Waals surface area contributed by atoms with Crippen LogP contribution in [0.2, 0.25) is 0 Å². The zero-order valence-corrected chi connectivity index (χ0v) is 11.6. The van der Waals surface area contributed by atoms with E-state index in [9.17, 15) is 13.2 Å². The number of alkyl halides is 3. The number of halogens is 3. The summed E-state index contributed by atoms with van der Waals surface area (Å²) in [5, 5.41) is 8.42. The molecule has 112 valence electrons. The molecule has 0 bridgehead atoms. The highest BCUT2D eigenvalue weighted by molar-refractivity contribution is 4.45. The fourth-order valence-electron chi connectivity index (χ4n) is 1.20. The zero-order valence-electron chi connectivity index (χ0n) is 11.6. The van der Waals surface area contributed by atoms with Gasteiger partial charge in [-0.25, -0.2) is 0 Å². The minimum atomic E-state index is -4.45. The topological polar surface area (TPSA) is 32.7 Å². The summed E-state index contributed by atoms with van der Waals surface area (Å²) in [5.41, 5.74) is 0. The van der Waals surface area contributed by atoms with Crippen molar-refractivity contribution in [3.05, 3.63) is 0 Å². The van der Waals surface area contributed by atoms with Crippen molar-refractivity contribution >= 4 is 0 Å². The normalized spacial score (nSPS) is 11.3. The molecule has 0 aromatic heterocycles. The first-order valence-electron chi connectivity index (χ1n) is 6.37. The molecule has 18 heavy (non-hydrogen) atoms. The first-order chi connectivity index (χ1) is 8.37. The average Bonchev–Trinajstić information content (AvgIpc) is 2.25. The molecule has 0 saturated heterocycles. The Morgan fingerprint density at radius 3 is 2.06 bits per heavy atom. The van der Waals surface area contributed by atoms with Crippen molar-refractivity contribution in [2.24, 2.45) is 0 Å². The van der Waals surface area contributed by atoms with Crippen molar-refractivity contribution in [2.45, 2.75) is 45.9 Å². The van der Waals surface area contributed by atoms with Gasteiger partial charge in [-0.15, -0.1) is 13.2 Å². The smallest absolute Gasteiger partial charge is 0.395 e. The van der Waals surface area contributed by atoms with E-state index in [0.29, 0.717) is 6.42 Å². The van der Waals surface area contributed by atoms with Gasteiger partial charge in [-0.3, -0.25) is 4.74 Å². The van der Waals surface area contributed by atoms with Crippen LogP contribution in [-0.2, 0) is 4.74 Å². The quantitative estimate of drug-likeness (QED) is 0.690. The Morgan fingerprint density at radius 1 is 1.06 bits per heavy atom. The third-order valence-electron chi connectivity index (χ3n) is 2.10. The maximum Gasteiger partial charge on any atom is 0.522 e. The van der Waals surface area contributed by atoms with Crippen LogP contribution < -0.4 is 0 Å². The van der Waals surface area contributed by atoms with Gasteiger partial charge in [-0.1, -0.05) is 26.7 Å². The van der Waals surface area contributed by atoms with Gasteiger partial charge in [0.1, 0.15) is 0 Å². The third kappa shape index (κ3) is 21.0. The van der Waals surface area contributed by atoms with E-state index in [2.05, 4.69) is 16.6 Å². The molecule has 0 rings (SSSR count). The lowest BCUT2D eigenvalue weighted by molar-refractivity contribution is -0.324. The molecule has 6 heteroatoms. The number of hydrogen-bond acceptors (Lipinski definition) is 3. The second-order valence-electron chi connectivity index (χ2n) is 4.03. The predicted octanol–water partition coefficient (Wildman–Crippen LogP) is 3.03. The summed E-state index contributed by atoms with van der Waals surface area (Å²) in [6, 6.07) is 0. The minimum Gasteiger partial charge on any atom is -0.395 e. The second kappa shape index (κ2) is 13.1. The highest BCUT2D eigenvalue weighted by Gasteiger charge is 2.28. The van der Waals surface area contributed by atoms with Gasteiger partial charge in [0.15, 0.2) is 0 Å². The van der Waals surface area contributed by atoms with Gasteiger partial charge < -0.3 is 10.0 Å². The van der Waals surface area contributed by atoms with Crippen LogP contribution in [-0.4, -0.2) is 49.7 Å². The van der Waals surface area contributed by atoms with Gasteiger partial charge in [0.2, 0.25) is 0 Å². The Labute approximate surface area is 108 Å². The van der Waals surface area contributed by atoms with E-state index in [4.69, 9.17) is 5.11 Å². The van der Waals surface area contributed by atoms with E-state index in [1.54, 1.807) is 0 Å². The van der Waals surface area contributed by atoms with E-state index in [-0.39, 0.29) is 13.2 Å². The Bertz CT molecular complexity index is 160. The van der Waals surface area contributed by atoms with Crippen LogP contribution in [0.4, 0.5) is 13.2 Å². The van der Waals surface area contributed by atoms with E-state index < -0.39 is 6.36 Å². The average molecular weight is 273 g/mol. The predicted molar refractivity (Wildman–Crippen MR) is 66.4 cm³/mol. The van der Waals surface area contributed by atoms with Gasteiger partial charge in [0.25, 0.3) is 0 Å². The van der Waals surface area contributed by atoms with Crippen LogP contribution in [0, 0.1) is 0 Å². The van der Waals surface area contributed by atoms with E-state index in [1.807, 2.05) is 14.0 Å². The van der Waals surface area contributed by atoms with Crippen LogP contribution in [0.3, 0.4) is 0 Å². The van der Waals surface area contributed by atoms with Crippen LogP contribution >= 0.6 is 0 Å². The number of unbranched alkanes of at least 4 members (excludes halogenated alkanes) is 2. The van der Waals surface area contributed by atoms with Gasteiger partial charge in [-0.2, -0.15) is 0 Å². The monoisotopic (exact) mass is 273 g/mol. The Kier molecular flexibility index (Phi) is 14.6. The van der Waals surface area contributed by atoms with Crippen LogP contribution in [0.15, 0.2) is 0 Å². The number of likely N-dealkylation sites (N-methyl/N-ethyl adjacent to an activating group) is 1. The molecule has 0 aliphatic carbocycles. The molecular formula is C12H26F3NO2. The van der Waals surface area contributed by atoms with Crippen molar-refractivity contribution in [3.63, 3.8) is 0 Å². The van der Waals surface area contributed by atoms with Gasteiger partial charge >= 0.3 is 6.36 Å². The third-order valence-corrected chi connectivity index (χ3v) is 2.10. The Hall–Kier alpha value is -0.330. The molecule has 0 aliphatic heterocycles. The summed E-state index contributed by atoms with van der Waals surface area (Å²) in [5.74, 6) is 0.